The molecule has 0 aliphatic carbocycles. The van der Waals surface area contributed by atoms with E-state index in [1.54, 1.807) is 40.0 Å². The highest BCUT2D eigenvalue weighted by Gasteiger charge is 2.25. The number of hydrogen-bond acceptors (Lipinski definition) is 6. The van der Waals surface area contributed by atoms with Crippen LogP contribution in [0.2, 0.25) is 0 Å². The maximum atomic E-state index is 12.9. The van der Waals surface area contributed by atoms with Crippen LogP contribution in [0.15, 0.2) is 66.7 Å². The van der Waals surface area contributed by atoms with Crippen LogP contribution in [0.1, 0.15) is 20.8 Å². The molecule has 0 radical (unpaired) electrons. The van der Waals surface area contributed by atoms with E-state index in [1.165, 1.54) is 4.90 Å². The number of fused-ring (bicyclic) bond motifs is 3. The quantitative estimate of drug-likeness (QED) is 0.300. The number of aliphatic hydroxyl groups excluding tert-OH is 1. The van der Waals surface area contributed by atoms with E-state index in [4.69, 9.17) is 18.9 Å². The third-order valence-electron chi connectivity index (χ3n) is 5.69. The van der Waals surface area contributed by atoms with Crippen molar-refractivity contribution in [3.8, 4) is 17.2 Å². The van der Waals surface area contributed by atoms with Crippen LogP contribution in [-0.2, 0) is 4.74 Å². The fraction of sp³-hybridized carbons (Fsp3) is 0.345. The Labute approximate surface area is 216 Å². The van der Waals surface area contributed by atoms with Gasteiger partial charge in [-0.05, 0) is 51.1 Å². The summed E-state index contributed by atoms with van der Waals surface area (Å²) < 4.78 is 22.8. The Balaban J connectivity index is 1.42. The minimum absolute atomic E-state index is 0.00524. The molecule has 0 bridgehead atoms. The Morgan fingerprint density at radius 3 is 2.35 bits per heavy atom. The average Bonchev–Trinajstić information content (AvgIpc) is 3.25. The molecule has 8 nitrogen and oxygen atoms in total. The summed E-state index contributed by atoms with van der Waals surface area (Å²) >= 11 is 0. The van der Waals surface area contributed by atoms with Crippen molar-refractivity contribution >= 4 is 27.9 Å². The maximum Gasteiger partial charge on any atom is 0.410 e. The topological polar surface area (TPSA) is 93.3 Å². The Morgan fingerprint density at radius 1 is 0.919 bits per heavy atom. The van der Waals surface area contributed by atoms with Gasteiger partial charge in [0.2, 0.25) is 0 Å². The number of carbonyl (C=O) groups excluding carboxylic acids is 1. The number of benzene rings is 3. The SMILES string of the molecule is COc1ccccc1OCCN(CC(O)COc1cccc2[nH]c3ccccc3c12)C(=O)OC(C)(C)C. The zero-order chi connectivity index (χ0) is 26.4. The second-order valence-electron chi connectivity index (χ2n) is 9.74. The van der Waals surface area contributed by atoms with Gasteiger partial charge < -0.3 is 33.9 Å². The van der Waals surface area contributed by atoms with Crippen LogP contribution in [-0.4, -0.2) is 66.2 Å². The fourth-order valence-corrected chi connectivity index (χ4v) is 4.07. The molecule has 196 valence electrons. The van der Waals surface area contributed by atoms with Crippen molar-refractivity contribution in [3.63, 3.8) is 0 Å². The van der Waals surface area contributed by atoms with Crippen LogP contribution in [0.25, 0.3) is 21.8 Å². The number of H-pyrrole nitrogens is 1. The summed E-state index contributed by atoms with van der Waals surface area (Å²) in [6.45, 7) is 5.84. The lowest BCUT2D eigenvalue weighted by Crippen LogP contribution is -2.44. The number of ether oxygens (including phenoxy) is 4. The lowest BCUT2D eigenvalue weighted by molar-refractivity contribution is 0.00654. The Kier molecular flexibility index (Phi) is 8.08. The standard InChI is InChI=1S/C29H34N2O6/c1-29(2,3)37-28(33)31(16-17-35-25-14-8-7-13-24(25)34-4)18-20(32)19-36-26-15-9-12-23-27(26)21-10-5-6-11-22(21)30-23/h5-15,20,30,32H,16-19H2,1-4H3. The highest BCUT2D eigenvalue weighted by Crippen LogP contribution is 2.33. The third kappa shape index (κ3) is 6.65. The third-order valence-corrected chi connectivity index (χ3v) is 5.69. The molecular formula is C29H34N2O6. The number of hydrogen-bond donors (Lipinski definition) is 2. The highest BCUT2D eigenvalue weighted by atomic mass is 16.6. The second-order valence-corrected chi connectivity index (χ2v) is 9.74. The molecule has 0 spiro atoms. The number of aromatic amines is 1. The van der Waals surface area contributed by atoms with Crippen molar-refractivity contribution in [2.24, 2.45) is 0 Å². The van der Waals surface area contributed by atoms with Gasteiger partial charge >= 0.3 is 6.09 Å². The van der Waals surface area contributed by atoms with Crippen LogP contribution in [0.3, 0.4) is 0 Å². The minimum atomic E-state index is -0.945. The van der Waals surface area contributed by atoms with E-state index in [-0.39, 0.29) is 26.3 Å². The largest absolute Gasteiger partial charge is 0.493 e. The molecule has 1 aromatic heterocycles. The van der Waals surface area contributed by atoms with Crippen LogP contribution in [0.4, 0.5) is 4.79 Å². The van der Waals surface area contributed by atoms with Gasteiger partial charge in [0.15, 0.2) is 11.5 Å². The number of carbonyl (C=O) groups is 1. The number of amides is 1. The Bertz CT molecular complexity index is 1340. The number of aromatic nitrogens is 1. The first kappa shape index (κ1) is 26.2. The van der Waals surface area contributed by atoms with Gasteiger partial charge in [0.25, 0.3) is 0 Å². The number of methoxy groups -OCH3 is 1. The molecule has 0 aliphatic rings. The van der Waals surface area contributed by atoms with Crippen molar-refractivity contribution < 1.29 is 28.8 Å². The molecule has 8 heteroatoms. The van der Waals surface area contributed by atoms with E-state index in [0.29, 0.717) is 17.2 Å². The first-order chi connectivity index (χ1) is 17.7. The maximum absolute atomic E-state index is 12.9. The molecular weight excluding hydrogens is 472 g/mol. The van der Waals surface area contributed by atoms with Gasteiger partial charge in [-0.3, -0.25) is 0 Å². The molecule has 37 heavy (non-hydrogen) atoms. The van der Waals surface area contributed by atoms with Gasteiger partial charge in [-0.15, -0.1) is 0 Å². The predicted octanol–water partition coefficient (Wildman–Crippen LogP) is 5.39. The van der Waals surface area contributed by atoms with Gasteiger partial charge in [-0.25, -0.2) is 4.79 Å². The summed E-state index contributed by atoms with van der Waals surface area (Å²) in [6.07, 6.45) is -1.48. The molecule has 1 amide bonds. The van der Waals surface area contributed by atoms with Crippen molar-refractivity contribution in [1.29, 1.82) is 0 Å². The summed E-state index contributed by atoms with van der Waals surface area (Å²) in [5.41, 5.74) is 1.29. The molecule has 4 rings (SSSR count). The van der Waals surface area contributed by atoms with E-state index in [2.05, 4.69) is 4.98 Å². The molecule has 1 unspecified atom stereocenters. The van der Waals surface area contributed by atoms with Crippen LogP contribution in [0, 0.1) is 0 Å². The lowest BCUT2D eigenvalue weighted by Gasteiger charge is -2.29. The summed E-state index contributed by atoms with van der Waals surface area (Å²) in [5.74, 6) is 1.84. The predicted molar refractivity (Wildman–Crippen MR) is 144 cm³/mol. The van der Waals surface area contributed by atoms with E-state index in [9.17, 15) is 9.90 Å². The molecule has 4 aromatic rings. The van der Waals surface area contributed by atoms with Crippen LogP contribution >= 0.6 is 0 Å². The average molecular weight is 507 g/mol. The fourth-order valence-electron chi connectivity index (χ4n) is 4.07. The van der Waals surface area contributed by atoms with Gasteiger partial charge in [0, 0.05) is 16.3 Å². The van der Waals surface area contributed by atoms with Crippen molar-refractivity contribution in [2.75, 3.05) is 33.4 Å². The number of aliphatic hydroxyl groups is 1. The lowest BCUT2D eigenvalue weighted by atomic mass is 10.1. The summed E-state index contributed by atoms with van der Waals surface area (Å²) in [6, 6.07) is 21.1. The number of nitrogens with one attached hydrogen (secondary N) is 1. The van der Waals surface area contributed by atoms with Gasteiger partial charge in [0.05, 0.1) is 25.7 Å². The molecule has 2 N–H and O–H groups in total. The smallest absolute Gasteiger partial charge is 0.410 e. The van der Waals surface area contributed by atoms with E-state index in [1.807, 2.05) is 54.6 Å². The van der Waals surface area contributed by atoms with Crippen molar-refractivity contribution in [3.05, 3.63) is 66.7 Å². The van der Waals surface area contributed by atoms with E-state index < -0.39 is 17.8 Å². The van der Waals surface area contributed by atoms with Crippen LogP contribution in [0.5, 0.6) is 17.2 Å². The zero-order valence-electron chi connectivity index (χ0n) is 21.7. The van der Waals surface area contributed by atoms with Crippen LogP contribution < -0.4 is 14.2 Å². The molecule has 0 fully saturated rings. The number of nitrogens with zero attached hydrogens (tertiary/aromatic N) is 1. The summed E-state index contributed by atoms with van der Waals surface area (Å²) in [4.78, 5) is 17.7. The first-order valence-electron chi connectivity index (χ1n) is 12.3. The highest BCUT2D eigenvalue weighted by molar-refractivity contribution is 6.10. The second kappa shape index (κ2) is 11.4. The molecule has 0 aliphatic heterocycles. The van der Waals surface area contributed by atoms with Gasteiger partial charge in [-0.2, -0.15) is 0 Å². The Morgan fingerprint density at radius 2 is 1.59 bits per heavy atom. The van der Waals surface area contributed by atoms with Gasteiger partial charge in [-0.1, -0.05) is 36.4 Å². The molecule has 3 aromatic carbocycles. The molecule has 1 atom stereocenters. The molecule has 0 saturated carbocycles. The summed E-state index contributed by atoms with van der Waals surface area (Å²) in [7, 11) is 1.57. The minimum Gasteiger partial charge on any atom is -0.493 e. The van der Waals surface area contributed by atoms with Crippen molar-refractivity contribution in [2.45, 2.75) is 32.5 Å². The van der Waals surface area contributed by atoms with E-state index in [0.717, 1.165) is 21.8 Å². The number of rotatable bonds is 10. The normalized spacial score (nSPS) is 12.4. The first-order valence-corrected chi connectivity index (χ1v) is 12.3. The van der Waals surface area contributed by atoms with Gasteiger partial charge in [0.1, 0.15) is 30.7 Å². The Hall–Kier alpha value is -3.91. The monoisotopic (exact) mass is 506 g/mol. The van der Waals surface area contributed by atoms with E-state index >= 15 is 0 Å². The summed E-state index contributed by atoms with van der Waals surface area (Å²) in [5, 5.41) is 12.8. The number of para-hydroxylation sites is 3. The molecule has 1 heterocycles. The zero-order valence-corrected chi connectivity index (χ0v) is 21.7. The molecule has 0 saturated heterocycles. The van der Waals surface area contributed by atoms with Crippen molar-refractivity contribution in [1.82, 2.24) is 9.88 Å².